The molecule has 0 spiro atoms. The molecular weight excluding hydrogens is 783 g/mol. The van der Waals surface area contributed by atoms with Gasteiger partial charge in [0, 0.05) is 60.0 Å². The number of aromatic nitrogens is 7. The van der Waals surface area contributed by atoms with E-state index < -0.39 is 0 Å². The van der Waals surface area contributed by atoms with Crippen molar-refractivity contribution in [3.05, 3.63) is 212 Å². The van der Waals surface area contributed by atoms with E-state index in [0.29, 0.717) is 17.7 Å². The van der Waals surface area contributed by atoms with Gasteiger partial charge in [-0.3, -0.25) is 9.13 Å². The van der Waals surface area contributed by atoms with Crippen LogP contribution in [0.15, 0.2) is 212 Å². The Hall–Kier alpha value is -8.81. The maximum atomic E-state index is 5.54. The summed E-state index contributed by atoms with van der Waals surface area (Å²) >= 11 is 0. The van der Waals surface area contributed by atoms with Crippen molar-refractivity contribution in [1.82, 2.24) is 33.2 Å². The minimum atomic E-state index is 0.544. The molecule has 14 aromatic rings. The Bertz CT molecular complexity index is 3930. The molecule has 0 aliphatic rings. The highest BCUT2D eigenvalue weighted by Crippen LogP contribution is 2.42. The highest BCUT2D eigenvalue weighted by atomic mass is 15.3. The zero-order valence-corrected chi connectivity index (χ0v) is 34.3. The number of hydrogen-bond donors (Lipinski definition) is 0. The minimum Gasteiger partial charge on any atom is -0.309 e. The molecule has 0 aliphatic heterocycles. The van der Waals surface area contributed by atoms with E-state index in [0.717, 1.165) is 82.6 Å². The predicted molar refractivity (Wildman–Crippen MR) is 263 cm³/mol. The van der Waals surface area contributed by atoms with Gasteiger partial charge < -0.3 is 9.13 Å². The van der Waals surface area contributed by atoms with E-state index in [9.17, 15) is 0 Å². The molecule has 0 atom stereocenters. The molecule has 0 bridgehead atoms. The summed E-state index contributed by atoms with van der Waals surface area (Å²) in [5.41, 5.74) is 11.7. The first-order valence-corrected chi connectivity index (χ1v) is 21.6. The summed E-state index contributed by atoms with van der Waals surface area (Å²) in [6, 6.07) is 75.4. The van der Waals surface area contributed by atoms with Crippen LogP contribution >= 0.6 is 0 Å². The average molecular weight is 818 g/mol. The van der Waals surface area contributed by atoms with Gasteiger partial charge in [-0.15, -0.1) is 0 Å². The average Bonchev–Trinajstić information content (AvgIpc) is 4.07. The minimum absolute atomic E-state index is 0.544. The molecule has 5 aromatic heterocycles. The summed E-state index contributed by atoms with van der Waals surface area (Å²) in [7, 11) is 0. The Kier molecular flexibility index (Phi) is 7.27. The van der Waals surface area contributed by atoms with Crippen LogP contribution in [0.25, 0.3) is 122 Å². The van der Waals surface area contributed by atoms with Gasteiger partial charge in [-0.1, -0.05) is 140 Å². The van der Waals surface area contributed by atoms with Crippen LogP contribution in [0.5, 0.6) is 0 Å². The Balaban J connectivity index is 1.10. The molecule has 14 rings (SSSR count). The summed E-state index contributed by atoms with van der Waals surface area (Å²) < 4.78 is 9.20. The van der Waals surface area contributed by atoms with E-state index in [2.05, 4.69) is 212 Å². The molecular formula is C57H35N7. The topological polar surface area (TPSA) is 58.4 Å². The van der Waals surface area contributed by atoms with Crippen LogP contribution in [0.1, 0.15) is 0 Å². The van der Waals surface area contributed by atoms with Crippen molar-refractivity contribution in [3.8, 4) is 34.7 Å². The van der Waals surface area contributed by atoms with Crippen LogP contribution in [0, 0.1) is 0 Å². The van der Waals surface area contributed by atoms with Crippen molar-refractivity contribution in [1.29, 1.82) is 0 Å². The van der Waals surface area contributed by atoms with E-state index in [1.54, 1.807) is 0 Å². The smallest absolute Gasteiger partial charge is 0.240 e. The van der Waals surface area contributed by atoms with E-state index in [1.807, 2.05) is 18.2 Å². The lowest BCUT2D eigenvalue weighted by Crippen LogP contribution is -2.10. The summed E-state index contributed by atoms with van der Waals surface area (Å²) in [6.45, 7) is 0. The van der Waals surface area contributed by atoms with E-state index >= 15 is 0 Å². The zero-order valence-electron chi connectivity index (χ0n) is 34.3. The monoisotopic (exact) mass is 817 g/mol. The van der Waals surface area contributed by atoms with Gasteiger partial charge in [0.05, 0.1) is 44.1 Å². The number of rotatable bonds is 5. The van der Waals surface area contributed by atoms with Crippen molar-refractivity contribution in [2.45, 2.75) is 0 Å². The van der Waals surface area contributed by atoms with Crippen LogP contribution < -0.4 is 0 Å². The molecule has 64 heavy (non-hydrogen) atoms. The third-order valence-corrected chi connectivity index (χ3v) is 13.0. The first-order valence-electron chi connectivity index (χ1n) is 21.6. The first-order chi connectivity index (χ1) is 31.8. The summed E-state index contributed by atoms with van der Waals surface area (Å²) in [5.74, 6) is 1.68. The zero-order chi connectivity index (χ0) is 41.9. The van der Waals surface area contributed by atoms with Crippen molar-refractivity contribution >= 4 is 87.2 Å². The lowest BCUT2D eigenvalue weighted by atomic mass is 10.1. The number of para-hydroxylation sites is 6. The summed E-state index contributed by atoms with van der Waals surface area (Å²) in [5, 5.41) is 9.34. The molecule has 0 aliphatic carbocycles. The molecule has 5 heterocycles. The fraction of sp³-hybridized carbons (Fsp3) is 0. The van der Waals surface area contributed by atoms with Crippen LogP contribution in [-0.2, 0) is 0 Å². The Morgan fingerprint density at radius 2 is 0.547 bits per heavy atom. The van der Waals surface area contributed by atoms with Gasteiger partial charge in [-0.05, 0) is 72.8 Å². The summed E-state index contributed by atoms with van der Waals surface area (Å²) in [4.78, 5) is 16.3. The maximum absolute atomic E-state index is 5.54. The second-order valence-electron chi connectivity index (χ2n) is 16.5. The van der Waals surface area contributed by atoms with Gasteiger partial charge in [0.1, 0.15) is 0 Å². The number of nitrogens with zero attached hydrogens (tertiary/aromatic N) is 7. The highest BCUT2D eigenvalue weighted by Gasteiger charge is 2.24. The lowest BCUT2D eigenvalue weighted by Gasteiger charge is -2.13. The lowest BCUT2D eigenvalue weighted by molar-refractivity contribution is 0.893. The van der Waals surface area contributed by atoms with Gasteiger partial charge in [-0.2, -0.15) is 15.0 Å². The van der Waals surface area contributed by atoms with Crippen molar-refractivity contribution in [2.75, 3.05) is 0 Å². The summed E-state index contributed by atoms with van der Waals surface area (Å²) in [6.07, 6.45) is 0. The molecule has 298 valence electrons. The third kappa shape index (κ3) is 4.94. The van der Waals surface area contributed by atoms with Crippen molar-refractivity contribution < 1.29 is 0 Å². The van der Waals surface area contributed by atoms with E-state index in [-0.39, 0.29) is 0 Å². The quantitative estimate of drug-likeness (QED) is 0.174. The van der Waals surface area contributed by atoms with Crippen LogP contribution in [-0.4, -0.2) is 33.2 Å². The van der Waals surface area contributed by atoms with Crippen LogP contribution in [0.3, 0.4) is 0 Å². The predicted octanol–water partition coefficient (Wildman–Crippen LogP) is 13.9. The molecule has 9 aromatic carbocycles. The second kappa shape index (κ2) is 13.3. The molecule has 0 N–H and O–H groups in total. The Morgan fingerprint density at radius 1 is 0.234 bits per heavy atom. The standard InChI is InChI=1S/C57H35N7/c1-4-18-36(19-5-1)55-58-56(63-49-30-16-12-26-41(49)45-32-43-39-24-10-14-28-47(39)61(51(43)34-53(45)63)37-20-6-2-7-21-37)60-57(59-55)64-50-31-17-13-27-42(50)46-33-44-40-25-11-15-29-48(40)62(52(44)35-54(46)64)38-22-8-3-9-23-38/h1-35H. The number of benzene rings is 9. The number of fused-ring (bicyclic) bond motifs is 12. The Labute approximate surface area is 366 Å². The van der Waals surface area contributed by atoms with E-state index in [1.165, 1.54) is 21.5 Å². The van der Waals surface area contributed by atoms with Gasteiger partial charge >= 0.3 is 0 Å². The van der Waals surface area contributed by atoms with Crippen molar-refractivity contribution in [3.63, 3.8) is 0 Å². The van der Waals surface area contributed by atoms with Crippen LogP contribution in [0.4, 0.5) is 0 Å². The van der Waals surface area contributed by atoms with Crippen LogP contribution in [0.2, 0.25) is 0 Å². The molecule has 0 amide bonds. The molecule has 7 heteroatoms. The number of hydrogen-bond acceptors (Lipinski definition) is 3. The molecule has 7 nitrogen and oxygen atoms in total. The SMILES string of the molecule is c1ccc(-c2nc(-n3c4ccccc4c4cc5c6ccccc6n(-c6ccccc6)c5cc43)nc(-n3c4ccccc4c4cc5c6ccccc6n(-c6ccccc6)c5cc43)n2)cc1. The van der Waals surface area contributed by atoms with Gasteiger partial charge in [0.15, 0.2) is 5.82 Å². The molecule has 0 saturated heterocycles. The van der Waals surface area contributed by atoms with Gasteiger partial charge in [-0.25, -0.2) is 0 Å². The fourth-order valence-corrected chi connectivity index (χ4v) is 10.3. The molecule has 0 radical (unpaired) electrons. The molecule has 0 saturated carbocycles. The maximum Gasteiger partial charge on any atom is 0.240 e. The second-order valence-corrected chi connectivity index (χ2v) is 16.5. The normalized spacial score (nSPS) is 12.1. The highest BCUT2D eigenvalue weighted by molar-refractivity contribution is 6.20. The van der Waals surface area contributed by atoms with Gasteiger partial charge in [0.2, 0.25) is 11.9 Å². The Morgan fingerprint density at radius 3 is 0.938 bits per heavy atom. The largest absolute Gasteiger partial charge is 0.309 e. The van der Waals surface area contributed by atoms with Crippen molar-refractivity contribution in [2.24, 2.45) is 0 Å². The first kappa shape index (κ1) is 34.9. The van der Waals surface area contributed by atoms with Gasteiger partial charge in [0.25, 0.3) is 0 Å². The third-order valence-electron chi connectivity index (χ3n) is 13.0. The fourth-order valence-electron chi connectivity index (χ4n) is 10.3. The molecule has 0 fully saturated rings. The van der Waals surface area contributed by atoms with E-state index in [4.69, 9.17) is 15.0 Å². The molecule has 0 unspecified atom stereocenters.